The van der Waals surface area contributed by atoms with Gasteiger partial charge in [0.2, 0.25) is 0 Å². The Labute approximate surface area is 87.7 Å². The maximum Gasteiger partial charge on any atom is 0.0647 e. The first-order valence-electron chi connectivity index (χ1n) is 4.89. The van der Waals surface area contributed by atoms with Crippen LogP contribution in [0.25, 0.3) is 0 Å². The van der Waals surface area contributed by atoms with E-state index in [0.717, 1.165) is 12.8 Å². The van der Waals surface area contributed by atoms with E-state index in [-0.39, 0.29) is 5.41 Å². The Balaban J connectivity index is 5.33. The highest BCUT2D eigenvalue weighted by atomic mass is 14.8. The topological polar surface area (TPSA) is 26.0 Å². The summed E-state index contributed by atoms with van der Waals surface area (Å²) in [5, 5.41) is 0. The molecule has 2 N–H and O–H groups in total. The fourth-order valence-corrected chi connectivity index (χ4v) is 1.73. The van der Waals surface area contributed by atoms with E-state index in [2.05, 4.69) is 33.2 Å². The van der Waals surface area contributed by atoms with Crippen molar-refractivity contribution in [2.75, 3.05) is 0 Å². The zero-order valence-electron chi connectivity index (χ0n) is 9.13. The van der Waals surface area contributed by atoms with E-state index in [0.29, 0.717) is 0 Å². The van der Waals surface area contributed by atoms with Gasteiger partial charge < -0.3 is 5.73 Å². The summed E-state index contributed by atoms with van der Waals surface area (Å²) in [6.07, 6.45) is 9.00. The van der Waals surface area contributed by atoms with Crippen LogP contribution >= 0.6 is 0 Å². The highest BCUT2D eigenvalue weighted by Gasteiger charge is 2.39. The molecule has 0 saturated heterocycles. The molecular weight excluding hydrogens is 170 g/mol. The normalized spacial score (nSPS) is 11.9. The van der Waals surface area contributed by atoms with Gasteiger partial charge in [0.1, 0.15) is 0 Å². The predicted octanol–water partition coefficient (Wildman–Crippen LogP) is 3.21. The lowest BCUT2D eigenvalue weighted by Gasteiger charge is -2.41. The minimum absolute atomic E-state index is 0.342. The summed E-state index contributed by atoms with van der Waals surface area (Å²) in [7, 11) is 0. The fourth-order valence-electron chi connectivity index (χ4n) is 1.73. The maximum atomic E-state index is 6.20. The molecule has 0 bridgehead atoms. The monoisotopic (exact) mass is 191 g/mol. The summed E-state index contributed by atoms with van der Waals surface area (Å²) in [5.74, 6) is 0. The molecule has 1 nitrogen and oxygen atoms in total. The molecule has 0 aromatic heterocycles. The van der Waals surface area contributed by atoms with E-state index >= 15 is 0 Å². The molecule has 78 valence electrons. The molecule has 0 unspecified atom stereocenters. The summed E-state index contributed by atoms with van der Waals surface area (Å²) in [5.41, 5.74) is 5.20. The summed E-state index contributed by atoms with van der Waals surface area (Å²) in [6, 6.07) is 0. The summed E-state index contributed by atoms with van der Waals surface area (Å²) < 4.78 is 0. The second-order valence-corrected chi connectivity index (χ2v) is 3.54. The highest BCUT2D eigenvalue weighted by molar-refractivity contribution is 5.30. The van der Waals surface area contributed by atoms with Crippen molar-refractivity contribution < 1.29 is 0 Å². The highest BCUT2D eigenvalue weighted by Crippen LogP contribution is 2.38. The Hall–Kier alpha value is -1.08. The number of rotatable bonds is 7. The molecule has 0 fully saturated rings. The van der Waals surface area contributed by atoms with Gasteiger partial charge in [-0.05, 0) is 6.42 Å². The molecule has 1 heteroatoms. The SMILES string of the molecule is C=CC(N)(C=C)C(C=C)(C=C)CCC. The second-order valence-electron chi connectivity index (χ2n) is 3.54. The van der Waals surface area contributed by atoms with Crippen LogP contribution in [0.15, 0.2) is 50.6 Å². The number of hydrogen-bond acceptors (Lipinski definition) is 1. The van der Waals surface area contributed by atoms with Crippen LogP contribution in [0.4, 0.5) is 0 Å². The molecule has 0 atom stereocenters. The van der Waals surface area contributed by atoms with Crippen LogP contribution in [0.1, 0.15) is 19.8 Å². The van der Waals surface area contributed by atoms with Gasteiger partial charge in [0.25, 0.3) is 0 Å². The molecular formula is C13H21N. The van der Waals surface area contributed by atoms with Gasteiger partial charge in [0.15, 0.2) is 0 Å². The summed E-state index contributed by atoms with van der Waals surface area (Å²) in [4.78, 5) is 0. The lowest BCUT2D eigenvalue weighted by molar-refractivity contribution is 0.329. The molecule has 0 saturated carbocycles. The molecule has 0 rings (SSSR count). The van der Waals surface area contributed by atoms with Crippen LogP contribution < -0.4 is 5.73 Å². The van der Waals surface area contributed by atoms with Gasteiger partial charge in [-0.25, -0.2) is 0 Å². The van der Waals surface area contributed by atoms with Crippen molar-refractivity contribution in [3.05, 3.63) is 50.6 Å². The molecule has 0 aliphatic heterocycles. The van der Waals surface area contributed by atoms with Crippen LogP contribution in [0.5, 0.6) is 0 Å². The largest absolute Gasteiger partial charge is 0.318 e. The van der Waals surface area contributed by atoms with E-state index in [1.54, 1.807) is 12.2 Å². The summed E-state index contributed by atoms with van der Waals surface area (Å²) >= 11 is 0. The zero-order valence-corrected chi connectivity index (χ0v) is 9.13. The molecule has 0 spiro atoms. The van der Waals surface area contributed by atoms with E-state index in [1.807, 2.05) is 12.2 Å². The van der Waals surface area contributed by atoms with Crippen LogP contribution in [-0.2, 0) is 0 Å². The smallest absolute Gasteiger partial charge is 0.0647 e. The molecule has 0 aliphatic carbocycles. The van der Waals surface area contributed by atoms with E-state index < -0.39 is 5.54 Å². The van der Waals surface area contributed by atoms with Crippen LogP contribution in [0.2, 0.25) is 0 Å². The van der Waals surface area contributed by atoms with Gasteiger partial charge in [-0.1, -0.05) is 37.6 Å². The zero-order chi connectivity index (χ0) is 11.2. The summed E-state index contributed by atoms with van der Waals surface area (Å²) in [6.45, 7) is 17.3. The first-order valence-corrected chi connectivity index (χ1v) is 4.89. The van der Waals surface area contributed by atoms with Crippen molar-refractivity contribution in [2.24, 2.45) is 11.1 Å². The Morgan fingerprint density at radius 2 is 1.43 bits per heavy atom. The third-order valence-electron chi connectivity index (χ3n) is 2.87. The van der Waals surface area contributed by atoms with E-state index in [4.69, 9.17) is 5.73 Å². The van der Waals surface area contributed by atoms with Crippen molar-refractivity contribution in [1.82, 2.24) is 0 Å². The molecule has 0 radical (unpaired) electrons. The Bertz CT molecular complexity index is 222. The average Bonchev–Trinajstić information content (AvgIpc) is 2.24. The third kappa shape index (κ3) is 1.88. The van der Waals surface area contributed by atoms with Crippen LogP contribution in [-0.4, -0.2) is 5.54 Å². The standard InChI is InChI=1S/C13H21N/c1-6-11-12(7-2,8-3)13(14,9-4)10-5/h7-10H,2-6,11,14H2,1H3. The van der Waals surface area contributed by atoms with Gasteiger partial charge >= 0.3 is 0 Å². The molecule has 0 aliphatic rings. The van der Waals surface area contributed by atoms with Gasteiger partial charge in [-0.15, -0.1) is 26.3 Å². The quantitative estimate of drug-likeness (QED) is 0.614. The van der Waals surface area contributed by atoms with Crippen molar-refractivity contribution >= 4 is 0 Å². The molecule has 0 aromatic carbocycles. The van der Waals surface area contributed by atoms with Crippen LogP contribution in [0.3, 0.4) is 0 Å². The number of nitrogens with two attached hydrogens (primary N) is 1. The molecule has 0 aromatic rings. The second kappa shape index (κ2) is 4.97. The van der Waals surface area contributed by atoms with E-state index in [9.17, 15) is 0 Å². The lowest BCUT2D eigenvalue weighted by atomic mass is 9.67. The average molecular weight is 191 g/mol. The van der Waals surface area contributed by atoms with Gasteiger partial charge in [-0.3, -0.25) is 0 Å². The van der Waals surface area contributed by atoms with Crippen molar-refractivity contribution in [3.63, 3.8) is 0 Å². The minimum atomic E-state index is -0.660. The number of hydrogen-bond donors (Lipinski definition) is 1. The van der Waals surface area contributed by atoms with Crippen molar-refractivity contribution in [2.45, 2.75) is 25.3 Å². The molecule has 14 heavy (non-hydrogen) atoms. The third-order valence-corrected chi connectivity index (χ3v) is 2.87. The first-order chi connectivity index (χ1) is 6.55. The predicted molar refractivity (Wildman–Crippen MR) is 65.0 cm³/mol. The van der Waals surface area contributed by atoms with Crippen LogP contribution in [0, 0.1) is 5.41 Å². The Morgan fingerprint density at radius 1 is 1.00 bits per heavy atom. The van der Waals surface area contributed by atoms with Gasteiger partial charge in [-0.2, -0.15) is 0 Å². The minimum Gasteiger partial charge on any atom is -0.318 e. The van der Waals surface area contributed by atoms with Gasteiger partial charge in [0, 0.05) is 5.41 Å². The van der Waals surface area contributed by atoms with Crippen molar-refractivity contribution in [1.29, 1.82) is 0 Å². The Kier molecular flexibility index (Phi) is 4.58. The van der Waals surface area contributed by atoms with Crippen molar-refractivity contribution in [3.8, 4) is 0 Å². The molecule has 0 amide bonds. The Morgan fingerprint density at radius 3 is 1.64 bits per heavy atom. The van der Waals surface area contributed by atoms with E-state index in [1.165, 1.54) is 0 Å². The van der Waals surface area contributed by atoms with Gasteiger partial charge in [0.05, 0.1) is 5.54 Å². The lowest BCUT2D eigenvalue weighted by Crippen LogP contribution is -2.50. The fraction of sp³-hybridized carbons (Fsp3) is 0.385. The maximum absolute atomic E-state index is 6.20. The first kappa shape index (κ1) is 12.9. The molecule has 0 heterocycles.